The maximum absolute atomic E-state index is 11.9. The number of amides is 1. The van der Waals surface area contributed by atoms with Gasteiger partial charge in [-0.1, -0.05) is 44.2 Å². The first-order chi connectivity index (χ1) is 8.15. The second-order valence-corrected chi connectivity index (χ2v) is 4.50. The molecule has 0 aliphatic heterocycles. The lowest BCUT2D eigenvalue weighted by atomic mass is 10.1. The first-order valence-corrected chi connectivity index (χ1v) is 6.00. The molecule has 0 fully saturated rings. The van der Waals surface area contributed by atoms with Crippen LogP contribution in [0.3, 0.4) is 0 Å². The summed E-state index contributed by atoms with van der Waals surface area (Å²) in [4.78, 5) is 11.9. The monoisotopic (exact) mass is 235 g/mol. The van der Waals surface area contributed by atoms with Crippen LogP contribution in [0.5, 0.6) is 0 Å². The topological polar surface area (TPSA) is 38.3 Å². The van der Waals surface area contributed by atoms with Gasteiger partial charge in [-0.3, -0.25) is 4.79 Å². The maximum Gasteiger partial charge on any atom is 0.253 e. The summed E-state index contributed by atoms with van der Waals surface area (Å²) < 4.78 is 5.24. The zero-order valence-corrected chi connectivity index (χ0v) is 10.8. The van der Waals surface area contributed by atoms with Gasteiger partial charge < -0.3 is 10.1 Å². The Morgan fingerprint density at radius 2 is 1.94 bits per heavy atom. The Kier molecular flexibility index (Phi) is 5.70. The fraction of sp³-hybridized carbons (Fsp3) is 0.500. The molecule has 94 valence electrons. The van der Waals surface area contributed by atoms with Crippen LogP contribution in [0.4, 0.5) is 0 Å². The molecule has 1 aromatic rings. The summed E-state index contributed by atoms with van der Waals surface area (Å²) in [7, 11) is 1.56. The van der Waals surface area contributed by atoms with Crippen LogP contribution >= 0.6 is 0 Å². The molecule has 3 heteroatoms. The SMILES string of the molecule is COC(C(=O)NCCC(C)C)c1ccccc1. The highest BCUT2D eigenvalue weighted by Gasteiger charge is 2.18. The molecule has 3 nitrogen and oxygen atoms in total. The standard InChI is InChI=1S/C14H21NO2/c1-11(2)9-10-15-14(16)13(17-3)12-7-5-4-6-8-12/h4-8,11,13H,9-10H2,1-3H3,(H,15,16). The Bertz CT molecular complexity index is 335. The third-order valence-electron chi connectivity index (χ3n) is 2.60. The van der Waals surface area contributed by atoms with E-state index < -0.39 is 6.10 Å². The lowest BCUT2D eigenvalue weighted by molar-refractivity contribution is -0.131. The van der Waals surface area contributed by atoms with Gasteiger partial charge in [0.2, 0.25) is 0 Å². The Hall–Kier alpha value is -1.35. The number of benzene rings is 1. The summed E-state index contributed by atoms with van der Waals surface area (Å²) in [5.74, 6) is 0.521. The number of carbonyl (C=O) groups is 1. The zero-order chi connectivity index (χ0) is 12.7. The largest absolute Gasteiger partial charge is 0.367 e. The highest BCUT2D eigenvalue weighted by Crippen LogP contribution is 2.16. The average Bonchev–Trinajstić information content (AvgIpc) is 2.31. The van der Waals surface area contributed by atoms with Crippen LogP contribution in [0.25, 0.3) is 0 Å². The smallest absolute Gasteiger partial charge is 0.253 e. The predicted molar refractivity (Wildman–Crippen MR) is 68.7 cm³/mol. The van der Waals surface area contributed by atoms with Gasteiger partial charge >= 0.3 is 0 Å². The number of ether oxygens (including phenoxy) is 1. The van der Waals surface area contributed by atoms with Gasteiger partial charge in [-0.2, -0.15) is 0 Å². The van der Waals surface area contributed by atoms with Crippen LogP contribution in [-0.4, -0.2) is 19.6 Å². The van der Waals surface area contributed by atoms with E-state index >= 15 is 0 Å². The minimum atomic E-state index is -0.511. The molecule has 0 bridgehead atoms. The number of carbonyl (C=O) groups excluding carboxylic acids is 1. The van der Waals surface area contributed by atoms with E-state index in [1.165, 1.54) is 0 Å². The third-order valence-corrected chi connectivity index (χ3v) is 2.60. The molecule has 0 saturated carbocycles. The van der Waals surface area contributed by atoms with Crippen molar-refractivity contribution in [2.45, 2.75) is 26.4 Å². The number of hydrogen-bond donors (Lipinski definition) is 1. The van der Waals surface area contributed by atoms with E-state index in [2.05, 4.69) is 19.2 Å². The molecule has 1 rings (SSSR count). The quantitative estimate of drug-likeness (QED) is 0.823. The summed E-state index contributed by atoms with van der Waals surface area (Å²) >= 11 is 0. The second kappa shape index (κ2) is 7.07. The predicted octanol–water partition coefficient (Wildman–Crippen LogP) is 2.54. The van der Waals surface area contributed by atoms with Gasteiger partial charge in [0, 0.05) is 13.7 Å². The molecule has 17 heavy (non-hydrogen) atoms. The Balaban J connectivity index is 2.53. The van der Waals surface area contributed by atoms with Gasteiger partial charge in [0.25, 0.3) is 5.91 Å². The highest BCUT2D eigenvalue weighted by molar-refractivity contribution is 5.82. The Labute approximate surface area is 103 Å². The summed E-state index contributed by atoms with van der Waals surface area (Å²) in [6.07, 6.45) is 0.472. The van der Waals surface area contributed by atoms with Gasteiger partial charge in [0.05, 0.1) is 0 Å². The van der Waals surface area contributed by atoms with Gasteiger partial charge in [0.1, 0.15) is 0 Å². The van der Waals surface area contributed by atoms with E-state index in [4.69, 9.17) is 4.74 Å². The van der Waals surface area contributed by atoms with Crippen molar-refractivity contribution in [3.63, 3.8) is 0 Å². The van der Waals surface area contributed by atoms with E-state index in [9.17, 15) is 4.79 Å². The molecule has 0 heterocycles. The van der Waals surface area contributed by atoms with Crippen molar-refractivity contribution in [2.24, 2.45) is 5.92 Å². The molecule has 0 aliphatic rings. The van der Waals surface area contributed by atoms with E-state index in [1.807, 2.05) is 30.3 Å². The van der Waals surface area contributed by atoms with Gasteiger partial charge in [-0.25, -0.2) is 0 Å². The Morgan fingerprint density at radius 1 is 1.29 bits per heavy atom. The second-order valence-electron chi connectivity index (χ2n) is 4.50. The minimum absolute atomic E-state index is 0.0700. The van der Waals surface area contributed by atoms with Crippen molar-refractivity contribution in [3.8, 4) is 0 Å². The molecule has 1 unspecified atom stereocenters. The summed E-state index contributed by atoms with van der Waals surface area (Å²) in [5, 5.41) is 2.90. The first kappa shape index (κ1) is 13.7. The van der Waals surface area contributed by atoms with E-state index in [0.29, 0.717) is 12.5 Å². The van der Waals surface area contributed by atoms with Crippen molar-refractivity contribution in [1.29, 1.82) is 0 Å². The third kappa shape index (κ3) is 4.57. The normalized spacial score (nSPS) is 12.5. The lowest BCUT2D eigenvalue weighted by Crippen LogP contribution is -2.31. The highest BCUT2D eigenvalue weighted by atomic mass is 16.5. The van der Waals surface area contributed by atoms with Crippen LogP contribution in [0, 0.1) is 5.92 Å². The van der Waals surface area contributed by atoms with Gasteiger partial charge in [-0.15, -0.1) is 0 Å². The maximum atomic E-state index is 11.9. The van der Waals surface area contributed by atoms with E-state index in [0.717, 1.165) is 12.0 Å². The fourth-order valence-electron chi connectivity index (χ4n) is 1.60. The molecule has 1 amide bonds. The number of hydrogen-bond acceptors (Lipinski definition) is 2. The Morgan fingerprint density at radius 3 is 2.47 bits per heavy atom. The van der Waals surface area contributed by atoms with Crippen LogP contribution in [0.15, 0.2) is 30.3 Å². The molecule has 0 aromatic heterocycles. The van der Waals surface area contributed by atoms with E-state index in [-0.39, 0.29) is 5.91 Å². The van der Waals surface area contributed by atoms with Gasteiger partial charge in [-0.05, 0) is 17.9 Å². The molecule has 0 radical (unpaired) electrons. The molecule has 0 aliphatic carbocycles. The molecule has 0 spiro atoms. The van der Waals surface area contributed by atoms with Crippen LogP contribution in [-0.2, 0) is 9.53 Å². The van der Waals surface area contributed by atoms with E-state index in [1.54, 1.807) is 7.11 Å². The summed E-state index contributed by atoms with van der Waals surface area (Å²) in [6, 6.07) is 9.53. The molecular formula is C14H21NO2. The summed E-state index contributed by atoms with van der Waals surface area (Å²) in [6.45, 7) is 4.97. The van der Waals surface area contributed by atoms with Crippen molar-refractivity contribution < 1.29 is 9.53 Å². The van der Waals surface area contributed by atoms with Crippen LogP contribution in [0.1, 0.15) is 31.9 Å². The number of nitrogens with one attached hydrogen (secondary N) is 1. The first-order valence-electron chi connectivity index (χ1n) is 6.00. The molecule has 1 N–H and O–H groups in total. The minimum Gasteiger partial charge on any atom is -0.367 e. The number of rotatable bonds is 6. The molecule has 1 aromatic carbocycles. The van der Waals surface area contributed by atoms with Crippen molar-refractivity contribution in [2.75, 3.05) is 13.7 Å². The molecular weight excluding hydrogens is 214 g/mol. The van der Waals surface area contributed by atoms with Crippen molar-refractivity contribution >= 4 is 5.91 Å². The van der Waals surface area contributed by atoms with Crippen molar-refractivity contribution in [1.82, 2.24) is 5.32 Å². The van der Waals surface area contributed by atoms with Crippen molar-refractivity contribution in [3.05, 3.63) is 35.9 Å². The lowest BCUT2D eigenvalue weighted by Gasteiger charge is -2.16. The fourth-order valence-corrected chi connectivity index (χ4v) is 1.60. The average molecular weight is 235 g/mol. The van der Waals surface area contributed by atoms with Crippen LogP contribution in [0.2, 0.25) is 0 Å². The summed E-state index contributed by atoms with van der Waals surface area (Å²) in [5.41, 5.74) is 0.886. The number of methoxy groups -OCH3 is 1. The molecule has 0 saturated heterocycles. The van der Waals surface area contributed by atoms with Crippen LogP contribution < -0.4 is 5.32 Å². The zero-order valence-electron chi connectivity index (χ0n) is 10.8. The van der Waals surface area contributed by atoms with Gasteiger partial charge in [0.15, 0.2) is 6.10 Å². The molecule has 1 atom stereocenters.